The molecule has 1 aromatic heterocycles. The van der Waals surface area contributed by atoms with E-state index in [1.165, 1.54) is 22.3 Å². The summed E-state index contributed by atoms with van der Waals surface area (Å²) >= 11 is 0. The van der Waals surface area contributed by atoms with Gasteiger partial charge in [-0.2, -0.15) is 0 Å². The minimum atomic E-state index is -0.199. The zero-order valence-electron chi connectivity index (χ0n) is 21.7. The molecule has 3 aromatic carbocycles. The number of hydrogen-bond acceptors (Lipinski definition) is 5. The molecule has 1 aliphatic heterocycles. The predicted octanol–water partition coefficient (Wildman–Crippen LogP) is 5.23. The van der Waals surface area contributed by atoms with E-state index in [9.17, 15) is 0 Å². The number of aryl methyl sites for hydroxylation is 1. The van der Waals surface area contributed by atoms with E-state index in [0.29, 0.717) is 0 Å². The molecule has 186 valence electrons. The highest BCUT2D eigenvalue weighted by atomic mass is 15.6. The third-order valence-corrected chi connectivity index (χ3v) is 7.08. The number of rotatable bonds is 6. The molecule has 1 atom stereocenters. The Morgan fingerprint density at radius 2 is 1.11 bits per heavy atom. The summed E-state index contributed by atoms with van der Waals surface area (Å²) in [6.45, 7) is 12.4. The molecule has 0 unspecified atom stereocenters. The van der Waals surface area contributed by atoms with Gasteiger partial charge in [0.2, 0.25) is 0 Å². The maximum absolute atomic E-state index is 4.55. The van der Waals surface area contributed by atoms with Gasteiger partial charge in [-0.25, -0.2) is 4.68 Å². The third-order valence-electron chi connectivity index (χ3n) is 7.08. The van der Waals surface area contributed by atoms with Crippen molar-refractivity contribution in [2.45, 2.75) is 45.3 Å². The Labute approximate surface area is 214 Å². The molecule has 36 heavy (non-hydrogen) atoms. The van der Waals surface area contributed by atoms with Crippen molar-refractivity contribution in [2.75, 3.05) is 26.2 Å². The molecule has 6 nitrogen and oxygen atoms in total. The van der Waals surface area contributed by atoms with Crippen molar-refractivity contribution in [1.82, 2.24) is 30.0 Å². The van der Waals surface area contributed by atoms with E-state index in [0.717, 1.165) is 32.0 Å². The summed E-state index contributed by atoms with van der Waals surface area (Å²) in [5.41, 5.74) is 4.96. The van der Waals surface area contributed by atoms with Gasteiger partial charge in [-0.1, -0.05) is 90.5 Å². The van der Waals surface area contributed by atoms with Crippen LogP contribution in [-0.4, -0.2) is 56.2 Å². The molecule has 0 aliphatic carbocycles. The first-order chi connectivity index (χ1) is 17.4. The molecule has 0 bridgehead atoms. The van der Waals surface area contributed by atoms with Crippen LogP contribution in [0.3, 0.4) is 0 Å². The van der Waals surface area contributed by atoms with Gasteiger partial charge in [0.15, 0.2) is 5.82 Å². The molecule has 1 saturated heterocycles. The van der Waals surface area contributed by atoms with Crippen LogP contribution >= 0.6 is 0 Å². The molecule has 6 heteroatoms. The number of aromatic nitrogens is 4. The first-order valence-electron chi connectivity index (χ1n) is 12.8. The molecule has 0 spiro atoms. The van der Waals surface area contributed by atoms with E-state index >= 15 is 0 Å². The van der Waals surface area contributed by atoms with Crippen molar-refractivity contribution >= 4 is 0 Å². The van der Waals surface area contributed by atoms with Crippen LogP contribution in [0.2, 0.25) is 0 Å². The number of benzene rings is 3. The summed E-state index contributed by atoms with van der Waals surface area (Å²) in [5, 5.41) is 13.0. The van der Waals surface area contributed by atoms with E-state index in [2.05, 4.69) is 138 Å². The van der Waals surface area contributed by atoms with E-state index in [-0.39, 0.29) is 17.6 Å². The van der Waals surface area contributed by atoms with Gasteiger partial charge in [0.1, 0.15) is 0 Å². The van der Waals surface area contributed by atoms with Gasteiger partial charge < -0.3 is 0 Å². The molecular formula is C30H36N6. The van der Waals surface area contributed by atoms with Crippen molar-refractivity contribution in [3.05, 3.63) is 113 Å². The fraction of sp³-hybridized carbons (Fsp3) is 0.367. The summed E-state index contributed by atoms with van der Waals surface area (Å²) in [5.74, 6) is 0.905. The van der Waals surface area contributed by atoms with Gasteiger partial charge in [0.05, 0.1) is 17.6 Å². The Bertz CT molecular complexity index is 1200. The summed E-state index contributed by atoms with van der Waals surface area (Å²) in [4.78, 5) is 5.16. The smallest absolute Gasteiger partial charge is 0.173 e. The van der Waals surface area contributed by atoms with Gasteiger partial charge >= 0.3 is 0 Å². The van der Waals surface area contributed by atoms with Crippen LogP contribution in [0.15, 0.2) is 84.9 Å². The molecule has 0 radical (unpaired) electrons. The summed E-state index contributed by atoms with van der Waals surface area (Å²) < 4.78 is 1.99. The average molecular weight is 481 g/mol. The van der Waals surface area contributed by atoms with Crippen molar-refractivity contribution in [2.24, 2.45) is 0 Å². The van der Waals surface area contributed by atoms with Gasteiger partial charge in [0.25, 0.3) is 0 Å². The maximum atomic E-state index is 4.55. The molecule has 0 N–H and O–H groups in total. The Hall–Kier alpha value is -3.35. The minimum Gasteiger partial charge on any atom is -0.290 e. The summed E-state index contributed by atoms with van der Waals surface area (Å²) in [7, 11) is 0. The first kappa shape index (κ1) is 24.3. The summed E-state index contributed by atoms with van der Waals surface area (Å²) in [6.07, 6.45) is 0. The minimum absolute atomic E-state index is 0.00822. The average Bonchev–Trinajstić information content (AvgIpc) is 3.38. The van der Waals surface area contributed by atoms with Crippen LogP contribution in [0.25, 0.3) is 0 Å². The molecule has 5 rings (SSSR count). The van der Waals surface area contributed by atoms with E-state index in [1.54, 1.807) is 0 Å². The highest BCUT2D eigenvalue weighted by Crippen LogP contribution is 2.34. The lowest BCUT2D eigenvalue weighted by Gasteiger charge is -2.42. The van der Waals surface area contributed by atoms with Crippen LogP contribution in [0.4, 0.5) is 0 Å². The Balaban J connectivity index is 1.44. The Morgan fingerprint density at radius 1 is 0.639 bits per heavy atom. The molecule has 2 heterocycles. The molecule has 0 amide bonds. The monoisotopic (exact) mass is 480 g/mol. The van der Waals surface area contributed by atoms with Crippen LogP contribution in [0.1, 0.15) is 60.9 Å². The summed E-state index contributed by atoms with van der Waals surface area (Å²) in [6, 6.07) is 30.8. The van der Waals surface area contributed by atoms with E-state index in [1.807, 2.05) is 4.68 Å². The lowest BCUT2D eigenvalue weighted by atomic mass is 9.95. The Kier molecular flexibility index (Phi) is 6.99. The molecule has 4 aromatic rings. The lowest BCUT2D eigenvalue weighted by molar-refractivity contribution is 0.0843. The molecule has 1 aliphatic rings. The van der Waals surface area contributed by atoms with Crippen LogP contribution in [0.5, 0.6) is 0 Å². The standard InChI is InChI=1S/C30H36N6/c1-23-15-17-26(18-16-23)28(29-31-32-33-36(29)30(2,3)4)35-21-19-34(20-22-35)27(24-11-7-5-8-12-24)25-13-9-6-10-14-25/h5-18,27-28H,19-22H2,1-4H3/t28-/m0/s1. The van der Waals surface area contributed by atoms with Crippen molar-refractivity contribution < 1.29 is 0 Å². The second-order valence-electron chi connectivity index (χ2n) is 10.7. The quantitative estimate of drug-likeness (QED) is 0.378. The second kappa shape index (κ2) is 10.3. The fourth-order valence-corrected chi connectivity index (χ4v) is 5.25. The highest BCUT2D eigenvalue weighted by molar-refractivity contribution is 5.32. The van der Waals surface area contributed by atoms with E-state index < -0.39 is 0 Å². The Morgan fingerprint density at radius 3 is 1.61 bits per heavy atom. The normalized spacial score (nSPS) is 16.4. The topological polar surface area (TPSA) is 50.1 Å². The second-order valence-corrected chi connectivity index (χ2v) is 10.7. The van der Waals surface area contributed by atoms with Gasteiger partial charge in [-0.15, -0.1) is 5.10 Å². The fourth-order valence-electron chi connectivity index (χ4n) is 5.25. The maximum Gasteiger partial charge on any atom is 0.173 e. The first-order valence-corrected chi connectivity index (χ1v) is 12.8. The van der Waals surface area contributed by atoms with Crippen molar-refractivity contribution in [1.29, 1.82) is 0 Å². The van der Waals surface area contributed by atoms with Crippen molar-refractivity contribution in [3.63, 3.8) is 0 Å². The zero-order chi connectivity index (χ0) is 25.1. The number of nitrogens with zero attached hydrogens (tertiary/aromatic N) is 6. The van der Waals surface area contributed by atoms with Crippen LogP contribution < -0.4 is 0 Å². The predicted molar refractivity (Wildman–Crippen MR) is 144 cm³/mol. The third kappa shape index (κ3) is 5.11. The van der Waals surface area contributed by atoms with E-state index in [4.69, 9.17) is 0 Å². The molecule has 1 fully saturated rings. The lowest BCUT2D eigenvalue weighted by Crippen LogP contribution is -2.49. The van der Waals surface area contributed by atoms with Gasteiger partial charge in [-0.3, -0.25) is 9.80 Å². The van der Waals surface area contributed by atoms with Crippen molar-refractivity contribution in [3.8, 4) is 0 Å². The largest absolute Gasteiger partial charge is 0.290 e. The highest BCUT2D eigenvalue weighted by Gasteiger charge is 2.35. The SMILES string of the molecule is Cc1ccc([C@@H](c2nnnn2C(C)(C)C)N2CCN(C(c3ccccc3)c3ccccc3)CC2)cc1. The number of piperazine rings is 1. The van der Waals surface area contributed by atoms with Crippen LogP contribution in [-0.2, 0) is 5.54 Å². The number of hydrogen-bond donors (Lipinski definition) is 0. The van der Waals surface area contributed by atoms with Gasteiger partial charge in [-0.05, 0) is 54.8 Å². The molecule has 0 saturated carbocycles. The molecular weight excluding hydrogens is 444 g/mol. The van der Waals surface area contributed by atoms with Crippen LogP contribution in [0, 0.1) is 6.92 Å². The number of tetrazole rings is 1. The zero-order valence-corrected chi connectivity index (χ0v) is 21.7. The van der Waals surface area contributed by atoms with Gasteiger partial charge in [0, 0.05) is 26.2 Å².